The number of carbonyl (C=O) groups excluding carboxylic acids is 1. The maximum Gasteiger partial charge on any atom is 0.261 e. The molecule has 0 spiro atoms. The van der Waals surface area contributed by atoms with Gasteiger partial charge in [-0.15, -0.1) is 22.7 Å². The summed E-state index contributed by atoms with van der Waals surface area (Å²) in [7, 11) is 0. The van der Waals surface area contributed by atoms with E-state index in [0.29, 0.717) is 6.54 Å². The van der Waals surface area contributed by atoms with E-state index < -0.39 is 0 Å². The van der Waals surface area contributed by atoms with Crippen molar-refractivity contribution in [2.45, 2.75) is 20.3 Å². The third kappa shape index (κ3) is 3.33. The quantitative estimate of drug-likeness (QED) is 0.794. The van der Waals surface area contributed by atoms with Crippen LogP contribution >= 0.6 is 38.6 Å². The average Bonchev–Trinajstić information content (AvgIpc) is 2.85. The highest BCUT2D eigenvalue weighted by molar-refractivity contribution is 9.09. The third-order valence-corrected chi connectivity index (χ3v) is 5.35. The number of thiophene rings is 2. The van der Waals surface area contributed by atoms with Gasteiger partial charge in [0.1, 0.15) is 0 Å². The minimum atomic E-state index is 0.0473. The first-order valence-corrected chi connectivity index (χ1v) is 8.65. The number of nitrogens with one attached hydrogen (secondary N) is 1. The Bertz CT molecular complexity index is 515. The number of carbonyl (C=O) groups is 1. The van der Waals surface area contributed by atoms with Gasteiger partial charge in [-0.1, -0.05) is 29.8 Å². The Morgan fingerprint density at radius 1 is 1.44 bits per heavy atom. The largest absolute Gasteiger partial charge is 0.351 e. The lowest BCUT2D eigenvalue weighted by atomic mass is 9.90. The van der Waals surface area contributed by atoms with Crippen molar-refractivity contribution in [2.75, 3.05) is 11.9 Å². The summed E-state index contributed by atoms with van der Waals surface area (Å²) in [5.74, 6) is 0.0473. The van der Waals surface area contributed by atoms with E-state index in [1.807, 2.05) is 6.07 Å². The highest BCUT2D eigenvalue weighted by atomic mass is 79.9. The van der Waals surface area contributed by atoms with E-state index in [2.05, 4.69) is 46.5 Å². The SMILES string of the molecule is CC(C)(CCBr)CNC(=O)c1cc2sccc2s1. The summed E-state index contributed by atoms with van der Waals surface area (Å²) in [6.07, 6.45) is 1.05. The van der Waals surface area contributed by atoms with Gasteiger partial charge in [-0.05, 0) is 29.3 Å². The fraction of sp³-hybridized carbons (Fsp3) is 0.462. The van der Waals surface area contributed by atoms with Gasteiger partial charge in [0.05, 0.1) is 4.88 Å². The van der Waals surface area contributed by atoms with Gasteiger partial charge < -0.3 is 5.32 Å². The number of alkyl halides is 1. The maximum atomic E-state index is 12.1. The number of fused-ring (bicyclic) bond motifs is 1. The molecule has 5 heteroatoms. The molecule has 0 fully saturated rings. The summed E-state index contributed by atoms with van der Waals surface area (Å²) < 4.78 is 2.40. The van der Waals surface area contributed by atoms with E-state index in [0.717, 1.165) is 16.6 Å². The second kappa shape index (κ2) is 5.72. The summed E-state index contributed by atoms with van der Waals surface area (Å²) in [4.78, 5) is 12.9. The van der Waals surface area contributed by atoms with E-state index in [1.54, 1.807) is 22.7 Å². The van der Waals surface area contributed by atoms with Gasteiger partial charge in [-0.2, -0.15) is 0 Å². The molecule has 98 valence electrons. The molecule has 2 aromatic heterocycles. The van der Waals surface area contributed by atoms with E-state index in [-0.39, 0.29) is 11.3 Å². The molecule has 0 saturated heterocycles. The average molecular weight is 346 g/mol. The Morgan fingerprint density at radius 3 is 2.89 bits per heavy atom. The summed E-state index contributed by atoms with van der Waals surface area (Å²) in [6, 6.07) is 4.05. The monoisotopic (exact) mass is 345 g/mol. The molecule has 1 amide bonds. The molecule has 2 heterocycles. The van der Waals surface area contributed by atoms with E-state index in [4.69, 9.17) is 0 Å². The Balaban J connectivity index is 1.98. The van der Waals surface area contributed by atoms with E-state index >= 15 is 0 Å². The molecule has 0 bridgehead atoms. The standard InChI is InChI=1S/C13H16BrNOS2/c1-13(2,4-5-14)8-15-12(16)11-7-10-9(18-11)3-6-17-10/h3,6-7H,4-5,8H2,1-2H3,(H,15,16). The zero-order valence-corrected chi connectivity index (χ0v) is 13.7. The van der Waals surface area contributed by atoms with Gasteiger partial charge in [0.25, 0.3) is 5.91 Å². The third-order valence-electron chi connectivity index (χ3n) is 2.86. The van der Waals surface area contributed by atoms with Crippen molar-refractivity contribution in [2.24, 2.45) is 5.41 Å². The van der Waals surface area contributed by atoms with Gasteiger partial charge >= 0.3 is 0 Å². The topological polar surface area (TPSA) is 29.1 Å². The number of hydrogen-bond donors (Lipinski definition) is 1. The van der Waals surface area contributed by atoms with Gasteiger partial charge in [0.2, 0.25) is 0 Å². The molecule has 2 nitrogen and oxygen atoms in total. The minimum absolute atomic E-state index is 0.0473. The molecule has 2 rings (SSSR count). The van der Waals surface area contributed by atoms with Gasteiger partial charge in [0, 0.05) is 21.3 Å². The van der Waals surface area contributed by atoms with Gasteiger partial charge in [-0.3, -0.25) is 4.79 Å². The molecule has 1 N–H and O–H groups in total. The molecule has 0 atom stereocenters. The van der Waals surface area contributed by atoms with Gasteiger partial charge in [-0.25, -0.2) is 0 Å². The van der Waals surface area contributed by atoms with Crippen molar-refractivity contribution >= 4 is 53.9 Å². The summed E-state index contributed by atoms with van der Waals surface area (Å²) in [5.41, 5.74) is 0.133. The van der Waals surface area contributed by atoms with Crippen LogP contribution in [0.4, 0.5) is 0 Å². The van der Waals surface area contributed by atoms with Crippen molar-refractivity contribution in [3.8, 4) is 0 Å². The van der Waals surface area contributed by atoms with Crippen LogP contribution in [0.15, 0.2) is 17.5 Å². The van der Waals surface area contributed by atoms with Crippen LogP contribution in [0.5, 0.6) is 0 Å². The van der Waals surface area contributed by atoms with Crippen molar-refractivity contribution < 1.29 is 4.79 Å². The van der Waals surface area contributed by atoms with Crippen LogP contribution in [0.3, 0.4) is 0 Å². The van der Waals surface area contributed by atoms with Gasteiger partial charge in [0.15, 0.2) is 0 Å². The molecule has 0 aromatic carbocycles. The predicted octanol–water partition coefficient (Wildman–Crippen LogP) is 4.50. The molecule has 0 aliphatic heterocycles. The van der Waals surface area contributed by atoms with Crippen LogP contribution in [0.25, 0.3) is 9.40 Å². The van der Waals surface area contributed by atoms with Crippen LogP contribution in [0.1, 0.15) is 29.9 Å². The lowest BCUT2D eigenvalue weighted by Gasteiger charge is -2.23. The molecule has 18 heavy (non-hydrogen) atoms. The second-order valence-electron chi connectivity index (χ2n) is 5.05. The van der Waals surface area contributed by atoms with Crippen molar-refractivity contribution in [1.82, 2.24) is 5.32 Å². The van der Waals surface area contributed by atoms with Crippen LogP contribution in [0.2, 0.25) is 0 Å². The smallest absolute Gasteiger partial charge is 0.261 e. The number of amides is 1. The Labute approximate surface area is 124 Å². The summed E-state index contributed by atoms with van der Waals surface area (Å²) in [6.45, 7) is 5.05. The minimum Gasteiger partial charge on any atom is -0.351 e. The lowest BCUT2D eigenvalue weighted by molar-refractivity contribution is 0.0940. The number of rotatable bonds is 5. The fourth-order valence-corrected chi connectivity index (χ4v) is 4.73. The second-order valence-corrected chi connectivity index (χ2v) is 7.87. The van der Waals surface area contributed by atoms with Crippen LogP contribution < -0.4 is 5.32 Å². The summed E-state index contributed by atoms with van der Waals surface area (Å²) >= 11 is 6.69. The fourth-order valence-electron chi connectivity index (χ4n) is 1.63. The first kappa shape index (κ1) is 14.0. The van der Waals surface area contributed by atoms with Crippen LogP contribution in [-0.2, 0) is 0 Å². The lowest BCUT2D eigenvalue weighted by Crippen LogP contribution is -2.33. The Kier molecular flexibility index (Phi) is 4.45. The van der Waals surface area contributed by atoms with E-state index in [1.165, 1.54) is 9.40 Å². The maximum absolute atomic E-state index is 12.1. The Morgan fingerprint density at radius 2 is 2.22 bits per heavy atom. The number of hydrogen-bond acceptors (Lipinski definition) is 3. The Hall–Kier alpha value is -0.390. The number of halogens is 1. The molecule has 0 unspecified atom stereocenters. The predicted molar refractivity (Wildman–Crippen MR) is 84.2 cm³/mol. The highest BCUT2D eigenvalue weighted by Gasteiger charge is 2.19. The van der Waals surface area contributed by atoms with E-state index in [9.17, 15) is 4.79 Å². The molecule has 0 aliphatic carbocycles. The molecular formula is C13H16BrNOS2. The molecule has 0 saturated carbocycles. The van der Waals surface area contributed by atoms with Crippen LogP contribution in [-0.4, -0.2) is 17.8 Å². The van der Waals surface area contributed by atoms with Crippen molar-refractivity contribution in [3.05, 3.63) is 22.4 Å². The van der Waals surface area contributed by atoms with Crippen molar-refractivity contribution in [3.63, 3.8) is 0 Å². The first-order chi connectivity index (χ1) is 8.52. The molecular weight excluding hydrogens is 330 g/mol. The normalized spacial score (nSPS) is 11.9. The van der Waals surface area contributed by atoms with Crippen molar-refractivity contribution in [1.29, 1.82) is 0 Å². The zero-order chi connectivity index (χ0) is 13.2. The van der Waals surface area contributed by atoms with Crippen LogP contribution in [0, 0.1) is 5.41 Å². The molecule has 0 aliphatic rings. The molecule has 0 radical (unpaired) electrons. The summed E-state index contributed by atoms with van der Waals surface area (Å²) in [5, 5.41) is 6.05. The zero-order valence-electron chi connectivity index (χ0n) is 10.5. The molecule has 2 aromatic rings. The highest BCUT2D eigenvalue weighted by Crippen LogP contribution is 2.30. The first-order valence-electron chi connectivity index (χ1n) is 5.83.